The lowest BCUT2D eigenvalue weighted by Gasteiger charge is -2.32. The van der Waals surface area contributed by atoms with E-state index < -0.39 is 16.1 Å². The molecule has 0 spiro atoms. The second-order valence-electron chi connectivity index (χ2n) is 9.51. The first kappa shape index (κ1) is 30.9. The summed E-state index contributed by atoms with van der Waals surface area (Å²) in [5, 5.41) is 3.73. The first-order valence-corrected chi connectivity index (χ1v) is 15.0. The molecule has 2 rings (SSSR count). The predicted molar refractivity (Wildman–Crippen MR) is 152 cm³/mol. The lowest BCUT2D eigenvalue weighted by atomic mass is 10.1. The van der Waals surface area contributed by atoms with Crippen LogP contribution in [0, 0.1) is 12.8 Å². The largest absolute Gasteiger partial charge is 0.354 e. The van der Waals surface area contributed by atoms with Crippen LogP contribution >= 0.6 is 23.2 Å². The van der Waals surface area contributed by atoms with Crippen molar-refractivity contribution in [3.63, 3.8) is 0 Å². The Bertz CT molecular complexity index is 1170. The van der Waals surface area contributed by atoms with Gasteiger partial charge in [-0.1, -0.05) is 68.2 Å². The molecular formula is C27H37Cl2N3O4S. The summed E-state index contributed by atoms with van der Waals surface area (Å²) in [6, 6.07) is 11.6. The first-order chi connectivity index (χ1) is 17.4. The predicted octanol–water partition coefficient (Wildman–Crippen LogP) is 5.43. The third-order valence-electron chi connectivity index (χ3n) is 6.00. The lowest BCUT2D eigenvalue weighted by molar-refractivity contribution is -0.141. The molecule has 0 heterocycles. The van der Waals surface area contributed by atoms with Gasteiger partial charge in [-0.2, -0.15) is 0 Å². The van der Waals surface area contributed by atoms with Gasteiger partial charge in [0.15, 0.2) is 0 Å². The summed E-state index contributed by atoms with van der Waals surface area (Å²) < 4.78 is 26.4. The summed E-state index contributed by atoms with van der Waals surface area (Å²) >= 11 is 12.8. The van der Waals surface area contributed by atoms with Gasteiger partial charge in [0.25, 0.3) is 0 Å². The van der Waals surface area contributed by atoms with Crippen molar-refractivity contribution in [1.29, 1.82) is 0 Å². The van der Waals surface area contributed by atoms with Crippen LogP contribution in [0.1, 0.15) is 51.2 Å². The lowest BCUT2D eigenvalue weighted by Crippen LogP contribution is -2.49. The average Bonchev–Trinajstić information content (AvgIpc) is 2.82. The van der Waals surface area contributed by atoms with E-state index >= 15 is 0 Å². The molecule has 10 heteroatoms. The minimum Gasteiger partial charge on any atom is -0.354 e. The zero-order valence-corrected chi connectivity index (χ0v) is 24.5. The zero-order chi connectivity index (χ0) is 27.8. The fraction of sp³-hybridized carbons (Fsp3) is 0.481. The number of rotatable bonds is 13. The number of hydrogen-bond donors (Lipinski definition) is 1. The molecule has 0 aliphatic rings. The Hall–Kier alpha value is -2.29. The van der Waals surface area contributed by atoms with Crippen molar-refractivity contribution in [2.24, 2.45) is 5.92 Å². The molecule has 0 saturated heterocycles. The Morgan fingerprint density at radius 3 is 2.19 bits per heavy atom. The Morgan fingerprint density at radius 1 is 1.03 bits per heavy atom. The maximum atomic E-state index is 13.5. The van der Waals surface area contributed by atoms with E-state index in [1.54, 1.807) is 30.3 Å². The molecule has 0 fully saturated rings. The molecule has 1 unspecified atom stereocenters. The third kappa shape index (κ3) is 8.90. The van der Waals surface area contributed by atoms with Crippen molar-refractivity contribution < 1.29 is 18.0 Å². The number of carbonyl (C=O) groups is 2. The van der Waals surface area contributed by atoms with Crippen LogP contribution in [0.15, 0.2) is 42.5 Å². The Kier molecular flexibility index (Phi) is 11.7. The van der Waals surface area contributed by atoms with Crippen molar-refractivity contribution in [2.45, 2.75) is 59.5 Å². The Morgan fingerprint density at radius 2 is 1.65 bits per heavy atom. The number of para-hydroxylation sites is 1. The molecule has 7 nitrogen and oxygen atoms in total. The van der Waals surface area contributed by atoms with E-state index in [1.807, 2.05) is 39.8 Å². The van der Waals surface area contributed by atoms with Crippen LogP contribution in [0.4, 0.5) is 5.69 Å². The maximum absolute atomic E-state index is 13.5. The van der Waals surface area contributed by atoms with Crippen LogP contribution in [-0.4, -0.2) is 50.5 Å². The number of nitrogens with one attached hydrogen (secondary N) is 1. The summed E-state index contributed by atoms with van der Waals surface area (Å²) in [5.41, 5.74) is 1.96. The van der Waals surface area contributed by atoms with E-state index in [1.165, 1.54) is 9.21 Å². The van der Waals surface area contributed by atoms with Crippen LogP contribution in [0.25, 0.3) is 0 Å². The molecule has 0 aliphatic heterocycles. The molecule has 1 N–H and O–H groups in total. The van der Waals surface area contributed by atoms with Gasteiger partial charge in [0.1, 0.15) is 6.04 Å². The number of halogens is 2. The molecule has 37 heavy (non-hydrogen) atoms. The van der Waals surface area contributed by atoms with Gasteiger partial charge in [0.2, 0.25) is 21.8 Å². The highest BCUT2D eigenvalue weighted by Crippen LogP contribution is 2.28. The van der Waals surface area contributed by atoms with E-state index in [-0.39, 0.29) is 43.7 Å². The van der Waals surface area contributed by atoms with E-state index in [9.17, 15) is 18.0 Å². The zero-order valence-electron chi connectivity index (χ0n) is 22.1. The molecule has 2 aromatic carbocycles. The number of hydrogen-bond acceptors (Lipinski definition) is 4. The van der Waals surface area contributed by atoms with Crippen LogP contribution in [0.2, 0.25) is 10.0 Å². The van der Waals surface area contributed by atoms with Crippen molar-refractivity contribution in [3.8, 4) is 0 Å². The number of nitrogens with zero attached hydrogens (tertiary/aromatic N) is 2. The van der Waals surface area contributed by atoms with Gasteiger partial charge in [0.05, 0.1) is 11.9 Å². The van der Waals surface area contributed by atoms with Gasteiger partial charge < -0.3 is 10.2 Å². The summed E-state index contributed by atoms with van der Waals surface area (Å²) in [6.07, 6.45) is 1.88. The number of amides is 2. The maximum Gasteiger partial charge on any atom is 0.242 e. The molecule has 0 radical (unpaired) electrons. The summed E-state index contributed by atoms with van der Waals surface area (Å²) in [6.45, 7) is 8.37. The second-order valence-corrected chi connectivity index (χ2v) is 12.2. The fourth-order valence-corrected chi connectivity index (χ4v) is 5.56. The van der Waals surface area contributed by atoms with Gasteiger partial charge >= 0.3 is 0 Å². The van der Waals surface area contributed by atoms with Crippen LogP contribution in [-0.2, 0) is 26.2 Å². The normalized spacial score (nSPS) is 12.3. The Balaban J connectivity index is 2.28. The minimum atomic E-state index is -3.56. The average molecular weight is 571 g/mol. The monoisotopic (exact) mass is 569 g/mol. The summed E-state index contributed by atoms with van der Waals surface area (Å²) in [5.74, 6) is -0.266. The highest BCUT2D eigenvalue weighted by Gasteiger charge is 2.30. The van der Waals surface area contributed by atoms with Crippen molar-refractivity contribution in [1.82, 2.24) is 10.2 Å². The topological polar surface area (TPSA) is 86.8 Å². The van der Waals surface area contributed by atoms with Crippen LogP contribution in [0.5, 0.6) is 0 Å². The number of aryl methyl sites for hydroxylation is 1. The van der Waals surface area contributed by atoms with Gasteiger partial charge in [-0.25, -0.2) is 8.42 Å². The number of sulfonamides is 1. The van der Waals surface area contributed by atoms with E-state index in [4.69, 9.17) is 23.2 Å². The molecule has 0 bridgehead atoms. The van der Waals surface area contributed by atoms with E-state index in [0.29, 0.717) is 34.3 Å². The first-order valence-electron chi connectivity index (χ1n) is 12.4. The second kappa shape index (κ2) is 14.0. The molecule has 1 atom stereocenters. The van der Waals surface area contributed by atoms with Gasteiger partial charge in [-0.3, -0.25) is 13.9 Å². The van der Waals surface area contributed by atoms with Gasteiger partial charge in [-0.05, 0) is 49.4 Å². The molecule has 2 aromatic rings. The molecule has 0 saturated carbocycles. The number of carbonyl (C=O) groups excluding carboxylic acids is 2. The number of anilines is 1. The fourth-order valence-electron chi connectivity index (χ4n) is 4.02. The van der Waals surface area contributed by atoms with Crippen LogP contribution in [0.3, 0.4) is 0 Å². The van der Waals surface area contributed by atoms with Gasteiger partial charge in [-0.15, -0.1) is 0 Å². The third-order valence-corrected chi connectivity index (χ3v) is 7.89. The minimum absolute atomic E-state index is 0.0495. The van der Waals surface area contributed by atoms with Gasteiger partial charge in [0, 0.05) is 41.7 Å². The quantitative estimate of drug-likeness (QED) is 0.348. The van der Waals surface area contributed by atoms with E-state index in [2.05, 4.69) is 5.32 Å². The standard InChI is InChI=1S/C27H37Cl2N3O4S/c1-6-24(27(34)30-17-19(2)3)31(18-21-22(28)12-9-13-23(21)29)26(33)15-10-16-32(37(5,35)36)25-14-8-7-11-20(25)4/h7-9,11-14,19,24H,6,10,15-18H2,1-5H3,(H,30,34). The summed E-state index contributed by atoms with van der Waals surface area (Å²) in [4.78, 5) is 28.1. The van der Waals surface area contributed by atoms with Crippen LogP contribution < -0.4 is 9.62 Å². The molecular weight excluding hydrogens is 533 g/mol. The molecule has 204 valence electrons. The van der Waals surface area contributed by atoms with Crippen molar-refractivity contribution in [2.75, 3.05) is 23.7 Å². The van der Waals surface area contributed by atoms with Crippen molar-refractivity contribution in [3.05, 3.63) is 63.6 Å². The molecule has 0 aromatic heterocycles. The van der Waals surface area contributed by atoms with Crippen molar-refractivity contribution >= 4 is 50.7 Å². The highest BCUT2D eigenvalue weighted by molar-refractivity contribution is 7.92. The SMILES string of the molecule is CCC(C(=O)NCC(C)C)N(Cc1c(Cl)cccc1Cl)C(=O)CCCN(c1ccccc1C)S(C)(=O)=O. The highest BCUT2D eigenvalue weighted by atomic mass is 35.5. The molecule has 0 aliphatic carbocycles. The molecule has 2 amide bonds. The number of benzene rings is 2. The Labute approximate surface area is 231 Å². The van der Waals surface area contributed by atoms with E-state index in [0.717, 1.165) is 11.8 Å². The summed E-state index contributed by atoms with van der Waals surface area (Å²) in [7, 11) is -3.56. The smallest absolute Gasteiger partial charge is 0.242 e.